The Bertz CT molecular complexity index is 620. The third-order valence-corrected chi connectivity index (χ3v) is 2.37. The van der Waals surface area contributed by atoms with Crippen LogP contribution in [0, 0.1) is 19.3 Å². The number of aromatic nitrogens is 2. The van der Waals surface area contributed by atoms with Crippen LogP contribution in [0.3, 0.4) is 0 Å². The Morgan fingerprint density at radius 2 is 2.21 bits per heavy atom. The minimum absolute atomic E-state index is 0.262. The van der Waals surface area contributed by atoms with E-state index in [2.05, 4.69) is 16.0 Å². The Kier molecular flexibility index (Phi) is 3.84. The summed E-state index contributed by atoms with van der Waals surface area (Å²) in [5.74, 6) is 3.51. The fourth-order valence-electron chi connectivity index (χ4n) is 1.50. The Hall–Kier alpha value is -2.74. The normalized spacial score (nSPS) is 10.5. The summed E-state index contributed by atoms with van der Waals surface area (Å²) in [4.78, 5) is 4.06. The Balaban J connectivity index is 2.07. The highest BCUT2D eigenvalue weighted by Crippen LogP contribution is 2.11. The van der Waals surface area contributed by atoms with Crippen molar-refractivity contribution in [3.63, 3.8) is 0 Å². The van der Waals surface area contributed by atoms with E-state index in [1.54, 1.807) is 12.4 Å². The Labute approximate surface area is 111 Å². The van der Waals surface area contributed by atoms with Crippen LogP contribution in [0.25, 0.3) is 0 Å². The van der Waals surface area contributed by atoms with Gasteiger partial charge in [0.15, 0.2) is 0 Å². The molecule has 1 aromatic heterocycles. The molecule has 0 saturated heterocycles. The lowest BCUT2D eigenvalue weighted by atomic mass is 10.2. The number of benzene rings is 1. The van der Waals surface area contributed by atoms with Gasteiger partial charge in [-0.2, -0.15) is 5.10 Å². The first-order valence-electron chi connectivity index (χ1n) is 5.71. The zero-order valence-electron chi connectivity index (χ0n) is 10.6. The molecule has 0 bridgehead atoms. The van der Waals surface area contributed by atoms with Crippen LogP contribution >= 0.6 is 0 Å². The molecule has 2 aromatic rings. The van der Waals surface area contributed by atoms with E-state index in [4.69, 9.17) is 16.9 Å². The minimum Gasteiger partial charge on any atom is -0.481 e. The standard InChI is InChI=1S/C14H14N4O/c1-3-8-19-13-6-4-12(5-7-13)9-16-18-10-11(2)17-14(18)15/h1,4-7,9-10H,8H2,2H3,(H2,15,17). The molecular weight excluding hydrogens is 240 g/mol. The van der Waals surface area contributed by atoms with Crippen LogP contribution in [0.1, 0.15) is 11.3 Å². The van der Waals surface area contributed by atoms with Gasteiger partial charge in [0, 0.05) is 0 Å². The molecule has 0 aliphatic rings. The van der Waals surface area contributed by atoms with E-state index >= 15 is 0 Å². The number of nitrogen functional groups attached to an aromatic ring is 1. The third-order valence-electron chi connectivity index (χ3n) is 2.37. The minimum atomic E-state index is 0.262. The summed E-state index contributed by atoms with van der Waals surface area (Å²) in [6.45, 7) is 2.12. The Morgan fingerprint density at radius 1 is 1.47 bits per heavy atom. The average molecular weight is 254 g/mol. The molecule has 96 valence electrons. The molecule has 5 heteroatoms. The topological polar surface area (TPSA) is 65.4 Å². The van der Waals surface area contributed by atoms with Gasteiger partial charge in [-0.05, 0) is 36.8 Å². The second-order valence-corrected chi connectivity index (χ2v) is 3.89. The number of imidazole rings is 1. The monoisotopic (exact) mass is 254 g/mol. The number of ether oxygens (including phenoxy) is 1. The maximum atomic E-state index is 5.68. The molecule has 0 aliphatic carbocycles. The maximum absolute atomic E-state index is 5.68. The highest BCUT2D eigenvalue weighted by molar-refractivity contribution is 5.79. The van der Waals surface area contributed by atoms with E-state index < -0.39 is 0 Å². The van der Waals surface area contributed by atoms with Crippen molar-refractivity contribution in [2.45, 2.75) is 6.92 Å². The van der Waals surface area contributed by atoms with Crippen molar-refractivity contribution in [3.05, 3.63) is 41.7 Å². The van der Waals surface area contributed by atoms with Gasteiger partial charge in [-0.1, -0.05) is 5.92 Å². The zero-order chi connectivity index (χ0) is 13.7. The van der Waals surface area contributed by atoms with Crippen LogP contribution in [0.15, 0.2) is 35.6 Å². The van der Waals surface area contributed by atoms with Crippen molar-refractivity contribution in [1.82, 2.24) is 9.66 Å². The molecule has 1 aromatic carbocycles. The zero-order valence-corrected chi connectivity index (χ0v) is 10.6. The summed E-state index contributed by atoms with van der Waals surface area (Å²) in [5.41, 5.74) is 7.44. The number of aryl methyl sites for hydroxylation is 1. The van der Waals surface area contributed by atoms with Crippen LogP contribution in [0.5, 0.6) is 5.75 Å². The maximum Gasteiger partial charge on any atom is 0.221 e. The van der Waals surface area contributed by atoms with Crippen molar-refractivity contribution >= 4 is 12.2 Å². The molecular formula is C14H14N4O. The molecule has 0 spiro atoms. The SMILES string of the molecule is C#CCOc1ccc(C=Nn2cc(C)nc2N)cc1. The van der Waals surface area contributed by atoms with Gasteiger partial charge >= 0.3 is 0 Å². The molecule has 19 heavy (non-hydrogen) atoms. The van der Waals surface area contributed by atoms with Crippen molar-refractivity contribution in [1.29, 1.82) is 0 Å². The average Bonchev–Trinajstić information content (AvgIpc) is 2.73. The number of terminal acetylenes is 1. The summed E-state index contributed by atoms with van der Waals surface area (Å²) in [5, 5.41) is 4.22. The molecule has 5 nitrogen and oxygen atoms in total. The van der Waals surface area contributed by atoms with E-state index in [-0.39, 0.29) is 6.61 Å². The van der Waals surface area contributed by atoms with E-state index in [1.165, 1.54) is 4.68 Å². The fraction of sp³-hybridized carbons (Fsp3) is 0.143. The van der Waals surface area contributed by atoms with Gasteiger partial charge in [-0.15, -0.1) is 6.42 Å². The molecule has 0 fully saturated rings. The van der Waals surface area contributed by atoms with Crippen LogP contribution in [0.2, 0.25) is 0 Å². The van der Waals surface area contributed by atoms with Gasteiger partial charge in [-0.3, -0.25) is 0 Å². The number of nitrogens with two attached hydrogens (primary N) is 1. The summed E-state index contributed by atoms with van der Waals surface area (Å²) >= 11 is 0. The van der Waals surface area contributed by atoms with Crippen LogP contribution in [-0.4, -0.2) is 22.5 Å². The lowest BCUT2D eigenvalue weighted by Crippen LogP contribution is -1.97. The Morgan fingerprint density at radius 3 is 2.79 bits per heavy atom. The van der Waals surface area contributed by atoms with Crippen LogP contribution < -0.4 is 10.5 Å². The highest BCUT2D eigenvalue weighted by Gasteiger charge is 1.98. The quantitative estimate of drug-likeness (QED) is 0.666. The second kappa shape index (κ2) is 5.74. The molecule has 0 amide bonds. The smallest absolute Gasteiger partial charge is 0.221 e. The summed E-state index contributed by atoms with van der Waals surface area (Å²) in [6, 6.07) is 7.44. The van der Waals surface area contributed by atoms with Crippen LogP contribution in [-0.2, 0) is 0 Å². The number of nitrogens with zero attached hydrogens (tertiary/aromatic N) is 3. The molecule has 2 rings (SSSR count). The second-order valence-electron chi connectivity index (χ2n) is 3.89. The molecule has 1 heterocycles. The molecule has 0 saturated carbocycles. The fourth-order valence-corrected chi connectivity index (χ4v) is 1.50. The van der Waals surface area contributed by atoms with E-state index in [0.717, 1.165) is 17.0 Å². The number of rotatable bonds is 4. The van der Waals surface area contributed by atoms with Gasteiger partial charge in [0.25, 0.3) is 0 Å². The van der Waals surface area contributed by atoms with Gasteiger partial charge < -0.3 is 10.5 Å². The van der Waals surface area contributed by atoms with E-state index in [0.29, 0.717) is 5.95 Å². The molecule has 2 N–H and O–H groups in total. The highest BCUT2D eigenvalue weighted by atomic mass is 16.5. The first-order chi connectivity index (χ1) is 9.19. The molecule has 0 atom stereocenters. The van der Waals surface area contributed by atoms with Crippen molar-refractivity contribution in [2.75, 3.05) is 12.3 Å². The van der Waals surface area contributed by atoms with Crippen molar-refractivity contribution in [3.8, 4) is 18.1 Å². The first-order valence-corrected chi connectivity index (χ1v) is 5.71. The number of hydrogen-bond donors (Lipinski definition) is 1. The van der Waals surface area contributed by atoms with Gasteiger partial charge in [0.2, 0.25) is 5.95 Å². The third kappa shape index (κ3) is 3.36. The largest absolute Gasteiger partial charge is 0.481 e. The van der Waals surface area contributed by atoms with Gasteiger partial charge in [0.05, 0.1) is 18.1 Å². The molecule has 0 radical (unpaired) electrons. The van der Waals surface area contributed by atoms with Gasteiger partial charge in [0.1, 0.15) is 12.4 Å². The summed E-state index contributed by atoms with van der Waals surface area (Å²) in [6.07, 6.45) is 8.57. The molecule has 0 unspecified atom stereocenters. The van der Waals surface area contributed by atoms with E-state index in [1.807, 2.05) is 31.2 Å². The van der Waals surface area contributed by atoms with Crippen molar-refractivity contribution < 1.29 is 4.74 Å². The van der Waals surface area contributed by atoms with E-state index in [9.17, 15) is 0 Å². The summed E-state index contributed by atoms with van der Waals surface area (Å²) < 4.78 is 6.81. The first kappa shape index (κ1) is 12.7. The van der Waals surface area contributed by atoms with Crippen molar-refractivity contribution in [2.24, 2.45) is 5.10 Å². The molecule has 0 aliphatic heterocycles. The predicted molar refractivity (Wildman–Crippen MR) is 75.1 cm³/mol. The predicted octanol–water partition coefficient (Wildman–Crippen LogP) is 1.67. The number of anilines is 1. The summed E-state index contributed by atoms with van der Waals surface area (Å²) in [7, 11) is 0. The lowest BCUT2D eigenvalue weighted by Gasteiger charge is -2.01. The lowest BCUT2D eigenvalue weighted by molar-refractivity contribution is 0.370. The van der Waals surface area contributed by atoms with Crippen LogP contribution in [0.4, 0.5) is 5.95 Å². The number of hydrogen-bond acceptors (Lipinski definition) is 4. The van der Waals surface area contributed by atoms with Gasteiger partial charge in [-0.25, -0.2) is 9.66 Å².